The van der Waals surface area contributed by atoms with Crippen LogP contribution in [-0.4, -0.2) is 14.2 Å². The number of fused-ring (bicyclic) bond motifs is 1. The fraction of sp³-hybridized carbons (Fsp3) is 0.188. The maximum absolute atomic E-state index is 12.1. The van der Waals surface area contributed by atoms with E-state index < -0.39 is 9.84 Å². The summed E-state index contributed by atoms with van der Waals surface area (Å²) in [6.07, 6.45) is 0. The van der Waals surface area contributed by atoms with Gasteiger partial charge < -0.3 is 5.32 Å². The molecule has 0 saturated heterocycles. The van der Waals surface area contributed by atoms with Crippen molar-refractivity contribution in [1.82, 2.24) is 5.32 Å². The first-order chi connectivity index (χ1) is 10.1. The van der Waals surface area contributed by atoms with E-state index in [1.54, 1.807) is 24.3 Å². The molecule has 0 fully saturated rings. The van der Waals surface area contributed by atoms with Crippen molar-refractivity contribution in [2.45, 2.75) is 17.5 Å². The number of nitrogens with one attached hydrogen (secondary N) is 1. The Morgan fingerprint density at radius 2 is 1.86 bits per heavy atom. The Bertz CT molecular complexity index is 805. The van der Waals surface area contributed by atoms with Gasteiger partial charge in [-0.05, 0) is 29.3 Å². The molecule has 0 aliphatic carbocycles. The van der Waals surface area contributed by atoms with Gasteiger partial charge in [-0.1, -0.05) is 30.3 Å². The molecule has 106 valence electrons. The van der Waals surface area contributed by atoms with Crippen LogP contribution in [0.15, 0.2) is 53.4 Å². The van der Waals surface area contributed by atoms with Crippen LogP contribution in [0, 0.1) is 11.3 Å². The van der Waals surface area contributed by atoms with Gasteiger partial charge in [-0.3, -0.25) is 0 Å². The molecule has 0 bridgehead atoms. The van der Waals surface area contributed by atoms with Gasteiger partial charge in [0.1, 0.15) is 0 Å². The van der Waals surface area contributed by atoms with Crippen molar-refractivity contribution >= 4 is 9.84 Å². The van der Waals surface area contributed by atoms with Crippen molar-refractivity contribution in [2.75, 3.05) is 5.75 Å². The standard InChI is InChI=1S/C16H14N2O2S/c17-9-12-5-7-13(8-6-12)10-18-15-11-21(19,20)16-4-2-1-3-14(15)16/h1-8,15,18H,10-11H2. The summed E-state index contributed by atoms with van der Waals surface area (Å²) in [5, 5.41) is 12.1. The van der Waals surface area contributed by atoms with Crippen molar-refractivity contribution in [3.8, 4) is 6.07 Å². The minimum absolute atomic E-state index is 0.0998. The average molecular weight is 298 g/mol. The number of benzene rings is 2. The van der Waals surface area contributed by atoms with Crippen LogP contribution in [0.1, 0.15) is 22.7 Å². The molecule has 0 radical (unpaired) electrons. The van der Waals surface area contributed by atoms with E-state index in [0.717, 1.165) is 11.1 Å². The van der Waals surface area contributed by atoms with Gasteiger partial charge in [-0.2, -0.15) is 5.26 Å². The number of sulfone groups is 1. The van der Waals surface area contributed by atoms with Gasteiger partial charge in [0.15, 0.2) is 9.84 Å². The molecular weight excluding hydrogens is 284 g/mol. The van der Waals surface area contributed by atoms with Crippen LogP contribution in [0.5, 0.6) is 0 Å². The van der Waals surface area contributed by atoms with Crippen LogP contribution in [-0.2, 0) is 16.4 Å². The fourth-order valence-corrected chi connectivity index (χ4v) is 4.33. The molecule has 0 amide bonds. The predicted octanol–water partition coefficient (Wildman–Crippen LogP) is 2.18. The highest BCUT2D eigenvalue weighted by Gasteiger charge is 2.33. The molecule has 2 aromatic rings. The maximum atomic E-state index is 12.1. The van der Waals surface area contributed by atoms with E-state index in [0.29, 0.717) is 17.0 Å². The molecule has 2 aromatic carbocycles. The fourth-order valence-electron chi connectivity index (χ4n) is 2.56. The summed E-state index contributed by atoms with van der Waals surface area (Å²) in [6.45, 7) is 0.570. The maximum Gasteiger partial charge on any atom is 0.180 e. The largest absolute Gasteiger partial charge is 0.305 e. The Labute approximate surface area is 124 Å². The zero-order valence-corrected chi connectivity index (χ0v) is 12.1. The summed E-state index contributed by atoms with van der Waals surface area (Å²) in [6, 6.07) is 16.3. The molecule has 3 rings (SSSR count). The third-order valence-electron chi connectivity index (χ3n) is 3.65. The summed E-state index contributed by atoms with van der Waals surface area (Å²) in [5.74, 6) is 0.0998. The van der Waals surface area contributed by atoms with Gasteiger partial charge >= 0.3 is 0 Å². The molecule has 0 spiro atoms. The van der Waals surface area contributed by atoms with Crippen molar-refractivity contribution < 1.29 is 8.42 Å². The van der Waals surface area contributed by atoms with E-state index in [2.05, 4.69) is 11.4 Å². The van der Waals surface area contributed by atoms with Crippen molar-refractivity contribution in [1.29, 1.82) is 5.26 Å². The Morgan fingerprint density at radius 1 is 1.14 bits per heavy atom. The first-order valence-electron chi connectivity index (χ1n) is 6.64. The van der Waals surface area contributed by atoms with E-state index in [1.807, 2.05) is 24.3 Å². The minimum atomic E-state index is -3.18. The number of rotatable bonds is 3. The van der Waals surface area contributed by atoms with E-state index >= 15 is 0 Å². The third-order valence-corrected chi connectivity index (χ3v) is 5.47. The molecule has 1 atom stereocenters. The smallest absolute Gasteiger partial charge is 0.180 e. The lowest BCUT2D eigenvalue weighted by Crippen LogP contribution is -2.22. The molecule has 0 saturated carbocycles. The summed E-state index contributed by atoms with van der Waals surface area (Å²) in [7, 11) is -3.18. The minimum Gasteiger partial charge on any atom is -0.305 e. The first-order valence-corrected chi connectivity index (χ1v) is 8.29. The molecule has 1 heterocycles. The van der Waals surface area contributed by atoms with Gasteiger partial charge in [0.25, 0.3) is 0 Å². The molecule has 21 heavy (non-hydrogen) atoms. The molecule has 1 aliphatic heterocycles. The number of nitriles is 1. The summed E-state index contributed by atoms with van der Waals surface area (Å²) in [5.41, 5.74) is 2.48. The van der Waals surface area contributed by atoms with Crippen molar-refractivity contribution in [2.24, 2.45) is 0 Å². The number of nitrogens with zero attached hydrogens (tertiary/aromatic N) is 1. The highest BCUT2D eigenvalue weighted by Crippen LogP contribution is 2.33. The lowest BCUT2D eigenvalue weighted by Gasteiger charge is -2.12. The quantitative estimate of drug-likeness (QED) is 0.943. The average Bonchev–Trinajstić information content (AvgIpc) is 2.77. The zero-order valence-electron chi connectivity index (χ0n) is 11.3. The monoisotopic (exact) mass is 298 g/mol. The molecule has 5 heteroatoms. The van der Waals surface area contributed by atoms with Crippen LogP contribution in [0.3, 0.4) is 0 Å². The van der Waals surface area contributed by atoms with Crippen LogP contribution in [0.25, 0.3) is 0 Å². The van der Waals surface area contributed by atoms with Gasteiger partial charge in [0, 0.05) is 12.6 Å². The topological polar surface area (TPSA) is 70.0 Å². The van der Waals surface area contributed by atoms with Gasteiger partial charge in [0.2, 0.25) is 0 Å². The van der Waals surface area contributed by atoms with Crippen LogP contribution < -0.4 is 5.32 Å². The third kappa shape index (κ3) is 2.68. The molecular formula is C16H14N2O2S. The van der Waals surface area contributed by atoms with Crippen molar-refractivity contribution in [3.05, 3.63) is 65.2 Å². The van der Waals surface area contributed by atoms with Crippen LogP contribution in [0.2, 0.25) is 0 Å². The molecule has 4 nitrogen and oxygen atoms in total. The second-order valence-corrected chi connectivity index (χ2v) is 7.06. The number of hydrogen-bond acceptors (Lipinski definition) is 4. The van der Waals surface area contributed by atoms with Crippen LogP contribution in [0.4, 0.5) is 0 Å². The van der Waals surface area contributed by atoms with E-state index in [9.17, 15) is 8.42 Å². The second kappa shape index (κ2) is 5.32. The lowest BCUT2D eigenvalue weighted by molar-refractivity contribution is 0.566. The lowest BCUT2D eigenvalue weighted by atomic mass is 10.1. The molecule has 1 unspecified atom stereocenters. The summed E-state index contributed by atoms with van der Waals surface area (Å²) in [4.78, 5) is 0.433. The first kappa shape index (κ1) is 13.8. The number of hydrogen-bond donors (Lipinski definition) is 1. The summed E-state index contributed by atoms with van der Waals surface area (Å²) >= 11 is 0. The Morgan fingerprint density at radius 3 is 2.57 bits per heavy atom. The Balaban J connectivity index is 1.76. The van der Waals surface area contributed by atoms with E-state index in [1.165, 1.54) is 0 Å². The zero-order chi connectivity index (χ0) is 14.9. The van der Waals surface area contributed by atoms with Crippen molar-refractivity contribution in [3.63, 3.8) is 0 Å². The molecule has 1 aliphatic rings. The van der Waals surface area contributed by atoms with Gasteiger partial charge in [-0.25, -0.2) is 8.42 Å². The SMILES string of the molecule is N#Cc1ccc(CNC2CS(=O)(=O)c3ccccc32)cc1. The normalized spacial score (nSPS) is 18.9. The summed E-state index contributed by atoms with van der Waals surface area (Å²) < 4.78 is 24.2. The Hall–Kier alpha value is -2.16. The van der Waals surface area contributed by atoms with E-state index in [4.69, 9.17) is 5.26 Å². The second-order valence-electron chi connectivity index (χ2n) is 5.06. The highest BCUT2D eigenvalue weighted by molar-refractivity contribution is 7.91. The molecule has 0 aromatic heterocycles. The Kier molecular flexibility index (Phi) is 3.50. The van der Waals surface area contributed by atoms with Gasteiger partial charge in [-0.15, -0.1) is 0 Å². The highest BCUT2D eigenvalue weighted by atomic mass is 32.2. The predicted molar refractivity (Wildman–Crippen MR) is 79.2 cm³/mol. The van der Waals surface area contributed by atoms with E-state index in [-0.39, 0.29) is 11.8 Å². The molecule has 1 N–H and O–H groups in total. The van der Waals surface area contributed by atoms with Crippen LogP contribution >= 0.6 is 0 Å². The van der Waals surface area contributed by atoms with Gasteiger partial charge in [0.05, 0.1) is 22.3 Å².